The second-order valence-electron chi connectivity index (χ2n) is 6.80. The fraction of sp³-hybridized carbons (Fsp3) is 0.381. The lowest BCUT2D eigenvalue weighted by molar-refractivity contribution is -0.135. The van der Waals surface area contributed by atoms with Gasteiger partial charge in [-0.25, -0.2) is 0 Å². The topological polar surface area (TPSA) is 55.6 Å². The third-order valence-corrected chi connectivity index (χ3v) is 4.86. The summed E-state index contributed by atoms with van der Waals surface area (Å²) >= 11 is 0. The van der Waals surface area contributed by atoms with Crippen molar-refractivity contribution < 1.29 is 9.53 Å². The minimum atomic E-state index is 0.0382. The van der Waals surface area contributed by atoms with Crippen LogP contribution in [-0.4, -0.2) is 24.0 Å². The molecule has 0 bridgehead atoms. The molecule has 4 nitrogen and oxygen atoms in total. The molecule has 2 aromatic carbocycles. The molecule has 2 unspecified atom stereocenters. The fourth-order valence-corrected chi connectivity index (χ4v) is 3.42. The minimum Gasteiger partial charge on any atom is -0.497 e. The first-order chi connectivity index (χ1) is 12.1. The first kappa shape index (κ1) is 17.5. The Morgan fingerprint density at radius 3 is 2.68 bits per heavy atom. The van der Waals surface area contributed by atoms with Gasteiger partial charge in [0.15, 0.2) is 0 Å². The lowest BCUT2D eigenvalue weighted by atomic mass is 9.89. The van der Waals surface area contributed by atoms with Gasteiger partial charge in [0.2, 0.25) is 5.91 Å². The molecule has 1 aliphatic heterocycles. The van der Waals surface area contributed by atoms with E-state index in [0.717, 1.165) is 12.2 Å². The first-order valence-electron chi connectivity index (χ1n) is 8.84. The summed E-state index contributed by atoms with van der Waals surface area (Å²) in [6.07, 6.45) is 2.02. The maximum Gasteiger partial charge on any atom is 0.223 e. The Bertz CT molecular complexity index is 728. The molecule has 0 saturated carbocycles. The predicted octanol–water partition coefficient (Wildman–Crippen LogP) is 3.45. The van der Waals surface area contributed by atoms with Crippen LogP contribution < -0.4 is 10.5 Å². The first-order valence-corrected chi connectivity index (χ1v) is 8.84. The van der Waals surface area contributed by atoms with Crippen LogP contribution in [0.25, 0.3) is 0 Å². The van der Waals surface area contributed by atoms with Crippen LogP contribution in [0.5, 0.6) is 5.75 Å². The summed E-state index contributed by atoms with van der Waals surface area (Å²) in [6, 6.07) is 16.5. The van der Waals surface area contributed by atoms with Crippen LogP contribution in [0.15, 0.2) is 48.5 Å². The van der Waals surface area contributed by atoms with Gasteiger partial charge in [0.05, 0.1) is 13.2 Å². The summed E-state index contributed by atoms with van der Waals surface area (Å²) in [5.74, 6) is 1.000. The van der Waals surface area contributed by atoms with Crippen molar-refractivity contribution in [2.24, 2.45) is 5.73 Å². The van der Waals surface area contributed by atoms with Gasteiger partial charge in [-0.05, 0) is 48.6 Å². The number of methoxy groups -OCH3 is 1. The number of ether oxygens (including phenoxy) is 1. The largest absolute Gasteiger partial charge is 0.497 e. The van der Waals surface area contributed by atoms with E-state index in [2.05, 4.69) is 18.2 Å². The van der Waals surface area contributed by atoms with Gasteiger partial charge in [-0.15, -0.1) is 0 Å². The number of hydrogen-bond acceptors (Lipinski definition) is 3. The summed E-state index contributed by atoms with van der Waals surface area (Å²) in [6.45, 7) is 2.56. The molecule has 0 aromatic heterocycles. The van der Waals surface area contributed by atoms with E-state index in [-0.39, 0.29) is 18.0 Å². The normalized spacial score (nSPS) is 17.7. The standard InChI is InChI=1S/C21H26N2O2/c1-15(22)8-11-21(24)23-14-18-12-19(25-2)10-9-17(18)13-20(23)16-6-4-3-5-7-16/h3-7,9-10,12,15,20H,8,11,13-14,22H2,1-2H3. The summed E-state index contributed by atoms with van der Waals surface area (Å²) in [4.78, 5) is 14.9. The molecule has 1 amide bonds. The van der Waals surface area contributed by atoms with E-state index in [1.54, 1.807) is 7.11 Å². The Kier molecular flexibility index (Phi) is 5.39. The van der Waals surface area contributed by atoms with E-state index in [1.807, 2.05) is 42.2 Å². The van der Waals surface area contributed by atoms with E-state index in [0.29, 0.717) is 19.4 Å². The van der Waals surface area contributed by atoms with Crippen LogP contribution >= 0.6 is 0 Å². The fourth-order valence-electron chi connectivity index (χ4n) is 3.42. The average molecular weight is 338 g/mol. The van der Waals surface area contributed by atoms with E-state index in [1.165, 1.54) is 16.7 Å². The number of amides is 1. The maximum atomic E-state index is 12.9. The molecule has 2 aromatic rings. The highest BCUT2D eigenvalue weighted by Gasteiger charge is 2.30. The second kappa shape index (κ2) is 7.70. The zero-order valence-corrected chi connectivity index (χ0v) is 14.9. The van der Waals surface area contributed by atoms with Crippen molar-refractivity contribution in [1.82, 2.24) is 4.90 Å². The van der Waals surface area contributed by atoms with E-state index in [9.17, 15) is 4.79 Å². The Labute approximate surface area is 149 Å². The highest BCUT2D eigenvalue weighted by Crippen LogP contribution is 2.35. The SMILES string of the molecule is COc1ccc2c(c1)CN(C(=O)CCC(C)N)C(c1ccccc1)C2. The van der Waals surface area contributed by atoms with E-state index >= 15 is 0 Å². The highest BCUT2D eigenvalue weighted by molar-refractivity contribution is 5.77. The van der Waals surface area contributed by atoms with Crippen molar-refractivity contribution in [2.75, 3.05) is 7.11 Å². The number of rotatable bonds is 5. The molecule has 0 fully saturated rings. The Hall–Kier alpha value is -2.33. The van der Waals surface area contributed by atoms with Gasteiger partial charge in [-0.3, -0.25) is 4.79 Å². The summed E-state index contributed by atoms with van der Waals surface area (Å²) in [7, 11) is 1.67. The van der Waals surface area contributed by atoms with Crippen LogP contribution in [0.4, 0.5) is 0 Å². The van der Waals surface area contributed by atoms with Crippen LogP contribution in [0.2, 0.25) is 0 Å². The minimum absolute atomic E-state index is 0.0382. The molecule has 2 N–H and O–H groups in total. The monoisotopic (exact) mass is 338 g/mol. The number of hydrogen-bond donors (Lipinski definition) is 1. The van der Waals surface area contributed by atoms with E-state index in [4.69, 9.17) is 10.5 Å². The third-order valence-electron chi connectivity index (χ3n) is 4.86. The van der Waals surface area contributed by atoms with Crippen LogP contribution in [0.3, 0.4) is 0 Å². The zero-order valence-electron chi connectivity index (χ0n) is 14.9. The van der Waals surface area contributed by atoms with Crippen molar-refractivity contribution in [1.29, 1.82) is 0 Å². The van der Waals surface area contributed by atoms with Crippen molar-refractivity contribution >= 4 is 5.91 Å². The van der Waals surface area contributed by atoms with Gasteiger partial charge in [-0.2, -0.15) is 0 Å². The number of benzene rings is 2. The molecule has 0 saturated heterocycles. The van der Waals surface area contributed by atoms with Crippen molar-refractivity contribution in [3.63, 3.8) is 0 Å². The molecule has 4 heteroatoms. The quantitative estimate of drug-likeness (QED) is 0.908. The molecule has 2 atom stereocenters. The molecule has 1 heterocycles. The number of nitrogens with zero attached hydrogens (tertiary/aromatic N) is 1. The highest BCUT2D eigenvalue weighted by atomic mass is 16.5. The molecular weight excluding hydrogens is 312 g/mol. The number of nitrogens with two attached hydrogens (primary N) is 1. The Morgan fingerprint density at radius 2 is 2.00 bits per heavy atom. The zero-order chi connectivity index (χ0) is 17.8. The Morgan fingerprint density at radius 1 is 1.24 bits per heavy atom. The number of fused-ring (bicyclic) bond motifs is 1. The summed E-state index contributed by atoms with van der Waals surface area (Å²) in [5, 5.41) is 0. The second-order valence-corrected chi connectivity index (χ2v) is 6.80. The van der Waals surface area contributed by atoms with Gasteiger partial charge in [0, 0.05) is 19.0 Å². The summed E-state index contributed by atoms with van der Waals surface area (Å²) in [5.41, 5.74) is 9.47. The van der Waals surface area contributed by atoms with E-state index < -0.39 is 0 Å². The van der Waals surface area contributed by atoms with Gasteiger partial charge >= 0.3 is 0 Å². The molecule has 1 aliphatic rings. The van der Waals surface area contributed by atoms with Crippen molar-refractivity contribution in [3.8, 4) is 5.75 Å². The summed E-state index contributed by atoms with van der Waals surface area (Å²) < 4.78 is 5.35. The molecule has 3 rings (SSSR count). The van der Waals surface area contributed by atoms with Crippen LogP contribution in [-0.2, 0) is 17.8 Å². The molecule has 132 valence electrons. The average Bonchev–Trinajstić information content (AvgIpc) is 2.65. The molecule has 25 heavy (non-hydrogen) atoms. The van der Waals surface area contributed by atoms with Crippen molar-refractivity contribution in [3.05, 3.63) is 65.2 Å². The maximum absolute atomic E-state index is 12.9. The predicted molar refractivity (Wildman–Crippen MR) is 99.3 cm³/mol. The lowest BCUT2D eigenvalue weighted by Gasteiger charge is -2.37. The third kappa shape index (κ3) is 4.02. The molecular formula is C21H26N2O2. The van der Waals surface area contributed by atoms with Crippen LogP contribution in [0.1, 0.15) is 42.5 Å². The Balaban J connectivity index is 1.91. The molecule has 0 spiro atoms. The van der Waals surface area contributed by atoms with Gasteiger partial charge < -0.3 is 15.4 Å². The van der Waals surface area contributed by atoms with Gasteiger partial charge in [0.25, 0.3) is 0 Å². The van der Waals surface area contributed by atoms with Crippen molar-refractivity contribution in [2.45, 2.75) is 44.8 Å². The smallest absolute Gasteiger partial charge is 0.223 e. The lowest BCUT2D eigenvalue weighted by Crippen LogP contribution is -2.39. The van der Waals surface area contributed by atoms with Gasteiger partial charge in [0.1, 0.15) is 5.75 Å². The number of carbonyl (C=O) groups is 1. The van der Waals surface area contributed by atoms with Gasteiger partial charge in [-0.1, -0.05) is 36.4 Å². The molecule has 0 aliphatic carbocycles. The number of carbonyl (C=O) groups excluding carboxylic acids is 1. The van der Waals surface area contributed by atoms with Crippen LogP contribution in [0, 0.1) is 0 Å². The molecule has 0 radical (unpaired) electrons.